The van der Waals surface area contributed by atoms with Crippen molar-refractivity contribution in [2.24, 2.45) is 81.9 Å². The molecule has 2 saturated carbocycles. The number of anilines is 2. The lowest BCUT2D eigenvalue weighted by atomic mass is 9.75. The van der Waals surface area contributed by atoms with E-state index >= 15 is 0 Å². The fraction of sp³-hybridized carbons (Fsp3) is 0.817. The van der Waals surface area contributed by atoms with Gasteiger partial charge in [-0.2, -0.15) is 0 Å². The van der Waals surface area contributed by atoms with E-state index in [-0.39, 0.29) is 91.1 Å². The average molecular weight is 1880 g/mol. The lowest BCUT2D eigenvalue weighted by molar-refractivity contribution is -0.00100. The minimum Gasteiger partial charge on any atom is -1.00 e. The van der Waals surface area contributed by atoms with Gasteiger partial charge < -0.3 is 152 Å². The molecule has 0 spiro atoms. The third-order valence-electron chi connectivity index (χ3n) is 26.9. The number of pyridine rings is 1. The first-order valence-corrected chi connectivity index (χ1v) is 48.5. The molecule has 28 atom stereocenters. The lowest BCUT2D eigenvalue weighted by Crippen LogP contribution is -3.00. The first kappa shape index (κ1) is 118. The summed E-state index contributed by atoms with van der Waals surface area (Å²) in [5, 5.41) is 137. The van der Waals surface area contributed by atoms with Crippen molar-refractivity contribution >= 4 is 35.4 Å². The molecule has 2 aliphatic carbocycles. The van der Waals surface area contributed by atoms with E-state index in [1.807, 2.05) is 56.3 Å². The van der Waals surface area contributed by atoms with E-state index in [1.165, 1.54) is 57.8 Å². The van der Waals surface area contributed by atoms with Gasteiger partial charge >= 0.3 is 0 Å². The number of aromatic nitrogens is 1. The monoisotopic (exact) mass is 1870 g/mol. The van der Waals surface area contributed by atoms with Crippen LogP contribution in [0.15, 0.2) is 66.7 Å². The van der Waals surface area contributed by atoms with Gasteiger partial charge in [-0.05, 0) is 245 Å². The third-order valence-corrected chi connectivity index (χ3v) is 27.0. The largest absolute Gasteiger partial charge is 1.00 e. The number of alkyl halides is 1. The number of rotatable bonds is 33. The number of benzene rings is 2. The molecule has 2 aromatic carbocycles. The number of nitrogens with two attached hydrogens (primary N) is 5. The number of nitrogens with zero attached hydrogens (tertiary/aromatic N) is 1. The molecule has 0 amide bonds. The highest BCUT2D eigenvalue weighted by atomic mass is 35.5. The summed E-state index contributed by atoms with van der Waals surface area (Å²) in [6, 6.07) is 25.8. The van der Waals surface area contributed by atoms with Gasteiger partial charge in [-0.15, -0.1) is 12.4 Å². The van der Waals surface area contributed by atoms with Gasteiger partial charge in [0, 0.05) is 169 Å². The molecule has 34 N–H and O–H groups in total. The Morgan fingerprint density at radius 2 is 0.843 bits per heavy atom. The fourth-order valence-electron chi connectivity index (χ4n) is 18.7. The molecule has 4 heterocycles. The average Bonchev–Trinajstić information content (AvgIpc) is 0.992. The lowest BCUT2D eigenvalue weighted by Gasteiger charge is -2.35. The normalized spacial score (nSPS) is 28.2. The van der Waals surface area contributed by atoms with Crippen LogP contribution in [0.3, 0.4) is 0 Å². The van der Waals surface area contributed by atoms with Crippen molar-refractivity contribution in [2.75, 3.05) is 109 Å². The molecule has 1 aromatic heterocycles. The first-order chi connectivity index (χ1) is 59.3. The van der Waals surface area contributed by atoms with E-state index in [9.17, 15) is 35.7 Å². The number of hydrogen-bond donors (Lipinski definition) is 29. The van der Waals surface area contributed by atoms with Crippen molar-refractivity contribution in [1.82, 2.24) is 84.7 Å². The van der Waals surface area contributed by atoms with Crippen molar-refractivity contribution in [1.29, 1.82) is 0 Å². The van der Waals surface area contributed by atoms with Crippen LogP contribution in [-0.2, 0) is 13.1 Å². The molecule has 2 bridgehead atoms. The van der Waals surface area contributed by atoms with E-state index in [0.29, 0.717) is 116 Å². The van der Waals surface area contributed by atoms with E-state index in [2.05, 4.69) is 183 Å². The van der Waals surface area contributed by atoms with Gasteiger partial charge in [-0.1, -0.05) is 116 Å². The Morgan fingerprint density at radius 3 is 1.34 bits per heavy atom. The summed E-state index contributed by atoms with van der Waals surface area (Å²) >= 11 is 5.86. The first-order valence-electron chi connectivity index (χ1n) is 48.1. The summed E-state index contributed by atoms with van der Waals surface area (Å²) in [6.45, 7) is 41.6. The molecule has 3 aliphatic heterocycles. The second kappa shape index (κ2) is 66.7. The van der Waals surface area contributed by atoms with E-state index in [4.69, 9.17) is 40.3 Å². The molecule has 2 unspecified atom stereocenters. The highest BCUT2D eigenvalue weighted by Crippen LogP contribution is 2.37. The maximum absolute atomic E-state index is 11.3. The van der Waals surface area contributed by atoms with Crippen LogP contribution in [0.2, 0.25) is 0 Å². The Balaban J connectivity index is 0.000000528. The molecule has 5 aliphatic rings. The summed E-state index contributed by atoms with van der Waals surface area (Å²) in [6.07, 6.45) is 10.0. The van der Waals surface area contributed by atoms with Crippen LogP contribution in [0, 0.1) is 53.3 Å². The summed E-state index contributed by atoms with van der Waals surface area (Å²) in [7, 11) is 0. The van der Waals surface area contributed by atoms with Gasteiger partial charge in [-0.3, -0.25) is 32.8 Å². The molecule has 8 rings (SSSR count). The minimum atomic E-state index is -1.07. The molecule has 34 heteroatoms. The topological polar surface area (TPSA) is 489 Å². The zero-order chi connectivity index (χ0) is 90.5. The Kier molecular flexibility index (Phi) is 62.2. The summed E-state index contributed by atoms with van der Waals surface area (Å²) in [5.74, 6) is 0.833. The fourth-order valence-corrected chi connectivity index (χ4v) is 18.8. The molecule has 4 fully saturated rings. The Morgan fingerprint density at radius 1 is 0.425 bits per heavy atom. The standard InChI is InChI=1S/C41H81N9O3.C37H72ClN9O4.C15H27N5.3ClH/c1-26-20-30(5)45-17-18-46-36-14-7-8-15-37(36)49-25-35(48-24-29(26)4)13-10-16-47-39(52)23-33(22-38(42)51)31(6)27(2)19-28(3)40(53)32-11-9-12-34(21-32)50-41(43)44;1-23(36(51)27-8-7-9-29(17-27)47-37(38)40)16-33(48)26(4)28(18-34(39)49)19-35(50)43-13-12-30-22-46-32-11-6-5-10-31(32)42-15-14-41-24(2)20-44-25(3)21-45-30;1-12-8-16-10-14-4-3-5-15(20-14)11-17-9-13(2)19-7-6-18-12;;;/h9,11-12,21,26-31,33,35-41,45-53H,7-8,10,13-20,22-25,42-44H2,1-6H3;7-9,17,23-26,28,30-37,41-51H,5-6,10-16,18-22,39-40H2,1-4H3;3-5,12-13,16-19H,6-11H2,1-2H3;3*1H/p-2/t26-,27+,28+,29+,30-,31+,33?,35-,36+,37+,38+,39+,40+;23-,24+,25-,26+,28?,30+,31-,32-,33-,34-,35-,36-,37+;12-,13-;;;/m010.../s1. The molecule has 3 aromatic rings. The van der Waals surface area contributed by atoms with Gasteiger partial charge in [-0.25, -0.2) is 0 Å². The summed E-state index contributed by atoms with van der Waals surface area (Å²) in [4.78, 5) is 4.67. The van der Waals surface area contributed by atoms with Crippen LogP contribution >= 0.6 is 24.0 Å². The third kappa shape index (κ3) is 49.0. The van der Waals surface area contributed by atoms with E-state index < -0.39 is 55.1 Å². The minimum absolute atomic E-state index is 0. The molecular weight excluding hydrogens is 1690 g/mol. The maximum atomic E-state index is 11.3. The predicted molar refractivity (Wildman–Crippen MR) is 518 cm³/mol. The second-order valence-electron chi connectivity index (χ2n) is 38.2. The molecule has 2 saturated heterocycles. The Bertz CT molecular complexity index is 3190. The van der Waals surface area contributed by atoms with Crippen molar-refractivity contribution < 1.29 is 60.6 Å². The smallest absolute Gasteiger partial charge is 0.152 e. The molecule has 740 valence electrons. The highest BCUT2D eigenvalue weighted by Gasteiger charge is 2.34. The molecule has 30 nitrogen and oxygen atoms in total. The van der Waals surface area contributed by atoms with Gasteiger partial charge in [0.05, 0.1) is 29.7 Å². The summed E-state index contributed by atoms with van der Waals surface area (Å²) < 4.78 is 0. The highest BCUT2D eigenvalue weighted by molar-refractivity contribution is 6.21. The molecular formula is C93H181Cl4N23O7-2. The van der Waals surface area contributed by atoms with Gasteiger partial charge in [0.2, 0.25) is 0 Å². The zero-order valence-electron chi connectivity index (χ0n) is 79.3. The van der Waals surface area contributed by atoms with Crippen molar-refractivity contribution in [2.45, 2.75) is 333 Å². The van der Waals surface area contributed by atoms with Crippen LogP contribution in [0.4, 0.5) is 11.4 Å². The van der Waals surface area contributed by atoms with Crippen LogP contribution in [0.1, 0.15) is 233 Å². The SMILES string of the molecule is C[C@@H]1CN[C@@H](CCCN[C@H](O)CC(C[C@H](N)O)[C@H](C)[C@H](C)C[C@@H](C)[C@@H](O)c2cccc(NC(N)N)c2)CN[C@@H]2CCCC[C@H]2NCCN[C@@H](C)C[C@@H]1C.C[C@@H]1CN[C@@H](CCN[C@H](O)CC(C[C@H](N)O)[C@H](C)[C@H](O)C[C@@H](C)[C@@H](O)c2cccc(N[C@H](N)Cl)c2)CN[C@@H]2CCCC[C@H]2NCCN[C@@H](C)CN1.C[C@H]1CNCc2cccc(n2)CNC[C@H](C)NCCN1.Cl.[Cl-].[Cl-]. The van der Waals surface area contributed by atoms with Crippen molar-refractivity contribution in [3.8, 4) is 0 Å². The zero-order valence-corrected chi connectivity index (χ0v) is 82.4. The van der Waals surface area contributed by atoms with Crippen LogP contribution < -0.4 is 144 Å². The van der Waals surface area contributed by atoms with Crippen LogP contribution in [0.5, 0.6) is 0 Å². The molecule has 127 heavy (non-hydrogen) atoms. The van der Waals surface area contributed by atoms with Crippen LogP contribution in [-0.4, -0.2) is 248 Å². The van der Waals surface area contributed by atoms with Gasteiger partial charge in [0.25, 0.3) is 0 Å². The number of hydrogen-bond acceptors (Lipinski definition) is 30. The number of aliphatic hydroxyl groups is 7. The Hall–Kier alpha value is -2.73. The van der Waals surface area contributed by atoms with Crippen molar-refractivity contribution in [3.63, 3.8) is 0 Å². The quantitative estimate of drug-likeness (QED) is 0.0147. The van der Waals surface area contributed by atoms with Crippen LogP contribution in [0.25, 0.3) is 0 Å². The van der Waals surface area contributed by atoms with Gasteiger partial charge in [0.1, 0.15) is 31.2 Å². The summed E-state index contributed by atoms with van der Waals surface area (Å²) in [5.41, 5.74) is 33.2. The Labute approximate surface area is 789 Å². The van der Waals surface area contributed by atoms with Crippen molar-refractivity contribution in [3.05, 3.63) is 89.2 Å². The van der Waals surface area contributed by atoms with E-state index in [0.717, 1.165) is 153 Å². The second-order valence-corrected chi connectivity index (χ2v) is 38.7. The number of aliphatic hydroxyl groups excluding tert-OH is 7. The number of nitrogens with one attached hydrogen (secondary N) is 17. The molecule has 0 radical (unpaired) electrons. The maximum Gasteiger partial charge on any atom is 0.152 e. The number of fused-ring (bicyclic) bond motifs is 4. The number of halogens is 4. The van der Waals surface area contributed by atoms with E-state index in [1.54, 1.807) is 6.07 Å². The van der Waals surface area contributed by atoms with Gasteiger partial charge in [0.15, 0.2) is 5.62 Å². The predicted octanol–water partition coefficient (Wildman–Crippen LogP) is -1.22.